The van der Waals surface area contributed by atoms with Crippen LogP contribution in [0.3, 0.4) is 0 Å². The molecule has 0 aromatic carbocycles. The average Bonchev–Trinajstić information content (AvgIpc) is 2.03. The number of nitrogens with one attached hydrogen (secondary N) is 1. The largest absolute Gasteiger partial charge is 0.350 e. The van der Waals surface area contributed by atoms with Gasteiger partial charge in [0, 0.05) is 13.6 Å². The summed E-state index contributed by atoms with van der Waals surface area (Å²) in [6, 6.07) is -0.439. The van der Waals surface area contributed by atoms with E-state index in [2.05, 4.69) is 12.3 Å². The Balaban J connectivity index is 3.14. The molecule has 0 unspecified atom stereocenters. The lowest BCUT2D eigenvalue weighted by molar-refractivity contribution is 0.196. The molecule has 72 valence electrons. The fourth-order valence-corrected chi connectivity index (χ4v) is 0.876. The van der Waals surface area contributed by atoms with Crippen molar-refractivity contribution in [3.63, 3.8) is 0 Å². The number of amides is 2. The predicted molar refractivity (Wildman–Crippen MR) is 49.5 cm³/mol. The zero-order chi connectivity index (χ0) is 9.40. The Labute approximate surface area is 74.1 Å². The SMILES string of the molecule is CCCCCCNN(C)C(N)=O. The average molecular weight is 173 g/mol. The van der Waals surface area contributed by atoms with E-state index in [4.69, 9.17) is 5.73 Å². The smallest absolute Gasteiger partial charge is 0.328 e. The van der Waals surface area contributed by atoms with Crippen molar-refractivity contribution in [3.8, 4) is 0 Å². The number of rotatable bonds is 6. The molecule has 0 aliphatic carbocycles. The van der Waals surface area contributed by atoms with E-state index in [0.29, 0.717) is 0 Å². The quantitative estimate of drug-likeness (QED) is 0.466. The molecular weight excluding hydrogens is 154 g/mol. The summed E-state index contributed by atoms with van der Waals surface area (Å²) in [6.45, 7) is 2.99. The summed E-state index contributed by atoms with van der Waals surface area (Å²) in [6.07, 6.45) is 4.77. The Morgan fingerprint density at radius 3 is 2.58 bits per heavy atom. The van der Waals surface area contributed by atoms with E-state index in [1.165, 1.54) is 24.3 Å². The van der Waals surface area contributed by atoms with Crippen LogP contribution in [0.2, 0.25) is 0 Å². The number of hydrogen-bond donors (Lipinski definition) is 2. The van der Waals surface area contributed by atoms with Crippen LogP contribution in [0.4, 0.5) is 4.79 Å². The Morgan fingerprint density at radius 1 is 1.42 bits per heavy atom. The van der Waals surface area contributed by atoms with Crippen molar-refractivity contribution in [1.82, 2.24) is 10.4 Å². The number of nitrogens with two attached hydrogens (primary N) is 1. The Bertz CT molecular complexity index is 127. The minimum absolute atomic E-state index is 0.439. The highest BCUT2D eigenvalue weighted by atomic mass is 16.2. The first kappa shape index (κ1) is 11.2. The number of carbonyl (C=O) groups excluding carboxylic acids is 1. The van der Waals surface area contributed by atoms with Crippen LogP contribution in [-0.4, -0.2) is 24.6 Å². The molecule has 0 aromatic rings. The van der Waals surface area contributed by atoms with Crippen molar-refractivity contribution >= 4 is 6.03 Å². The number of primary amides is 1. The Hall–Kier alpha value is -0.770. The second-order valence-corrected chi connectivity index (χ2v) is 2.87. The van der Waals surface area contributed by atoms with Gasteiger partial charge in [0.15, 0.2) is 0 Å². The van der Waals surface area contributed by atoms with Crippen molar-refractivity contribution in [2.24, 2.45) is 5.73 Å². The highest BCUT2D eigenvalue weighted by molar-refractivity contribution is 5.70. The molecule has 2 amide bonds. The van der Waals surface area contributed by atoms with Crippen LogP contribution in [0.25, 0.3) is 0 Å². The van der Waals surface area contributed by atoms with Crippen molar-refractivity contribution in [1.29, 1.82) is 0 Å². The molecule has 0 atom stereocenters. The molecule has 0 saturated heterocycles. The molecule has 0 saturated carbocycles. The highest BCUT2D eigenvalue weighted by Crippen LogP contribution is 1.96. The lowest BCUT2D eigenvalue weighted by Gasteiger charge is -2.14. The fourth-order valence-electron chi connectivity index (χ4n) is 0.876. The standard InChI is InChI=1S/C8H19N3O/c1-3-4-5-6-7-10-11(2)8(9)12/h10H,3-7H2,1-2H3,(H2,9,12). The fraction of sp³-hybridized carbons (Fsp3) is 0.875. The van der Waals surface area contributed by atoms with Gasteiger partial charge in [-0.3, -0.25) is 5.01 Å². The molecule has 12 heavy (non-hydrogen) atoms. The summed E-state index contributed by atoms with van der Waals surface area (Å²) in [5, 5.41) is 1.31. The maximum absolute atomic E-state index is 10.5. The Kier molecular flexibility index (Phi) is 6.47. The molecule has 4 heteroatoms. The summed E-state index contributed by atoms with van der Waals surface area (Å²) in [4.78, 5) is 10.5. The molecule has 0 spiro atoms. The molecule has 0 radical (unpaired) electrons. The number of carbonyl (C=O) groups is 1. The second-order valence-electron chi connectivity index (χ2n) is 2.87. The minimum atomic E-state index is -0.439. The Morgan fingerprint density at radius 2 is 2.08 bits per heavy atom. The molecule has 4 nitrogen and oxygen atoms in total. The maximum atomic E-state index is 10.5. The first-order valence-corrected chi connectivity index (χ1v) is 4.45. The van der Waals surface area contributed by atoms with Gasteiger partial charge in [-0.1, -0.05) is 26.2 Å². The van der Waals surface area contributed by atoms with Crippen LogP contribution < -0.4 is 11.2 Å². The van der Waals surface area contributed by atoms with Crippen LogP contribution in [0.5, 0.6) is 0 Å². The normalized spacial score (nSPS) is 9.83. The van der Waals surface area contributed by atoms with Gasteiger partial charge < -0.3 is 5.73 Å². The topological polar surface area (TPSA) is 58.4 Å². The second kappa shape index (κ2) is 6.91. The molecular formula is C8H19N3O. The van der Waals surface area contributed by atoms with Crippen molar-refractivity contribution in [2.75, 3.05) is 13.6 Å². The van der Waals surface area contributed by atoms with Gasteiger partial charge in [0.25, 0.3) is 0 Å². The number of nitrogens with zero attached hydrogens (tertiary/aromatic N) is 1. The lowest BCUT2D eigenvalue weighted by atomic mass is 10.2. The zero-order valence-corrected chi connectivity index (χ0v) is 7.97. The summed E-state index contributed by atoms with van der Waals surface area (Å²) in [5.74, 6) is 0. The van der Waals surface area contributed by atoms with Crippen molar-refractivity contribution in [2.45, 2.75) is 32.6 Å². The molecule has 3 N–H and O–H groups in total. The summed E-state index contributed by atoms with van der Waals surface area (Å²) < 4.78 is 0. The molecule has 0 fully saturated rings. The van der Waals surface area contributed by atoms with E-state index in [-0.39, 0.29) is 0 Å². The maximum Gasteiger partial charge on any atom is 0.328 e. The van der Waals surface area contributed by atoms with E-state index in [9.17, 15) is 4.79 Å². The summed E-state index contributed by atoms with van der Waals surface area (Å²) in [7, 11) is 1.63. The molecule has 0 aromatic heterocycles. The van der Waals surface area contributed by atoms with E-state index < -0.39 is 6.03 Å². The van der Waals surface area contributed by atoms with Gasteiger partial charge in [0.1, 0.15) is 0 Å². The number of hydrogen-bond acceptors (Lipinski definition) is 2. The summed E-state index contributed by atoms with van der Waals surface area (Å²) >= 11 is 0. The molecule has 0 aliphatic heterocycles. The van der Waals surface area contributed by atoms with Gasteiger partial charge in [-0.05, 0) is 6.42 Å². The van der Waals surface area contributed by atoms with Gasteiger partial charge in [0.2, 0.25) is 0 Å². The van der Waals surface area contributed by atoms with Gasteiger partial charge in [0.05, 0.1) is 0 Å². The minimum Gasteiger partial charge on any atom is -0.350 e. The van der Waals surface area contributed by atoms with Crippen LogP contribution in [0.15, 0.2) is 0 Å². The van der Waals surface area contributed by atoms with Crippen LogP contribution in [0.1, 0.15) is 32.6 Å². The molecule has 0 aliphatic rings. The third kappa shape index (κ3) is 5.97. The first-order valence-electron chi connectivity index (χ1n) is 4.45. The highest BCUT2D eigenvalue weighted by Gasteiger charge is 1.99. The molecule has 0 heterocycles. The number of hydrazine groups is 1. The molecule has 0 rings (SSSR count). The first-order chi connectivity index (χ1) is 5.68. The van der Waals surface area contributed by atoms with Crippen molar-refractivity contribution < 1.29 is 4.79 Å². The van der Waals surface area contributed by atoms with Gasteiger partial charge in [-0.15, -0.1) is 0 Å². The van der Waals surface area contributed by atoms with Crippen molar-refractivity contribution in [3.05, 3.63) is 0 Å². The lowest BCUT2D eigenvalue weighted by Crippen LogP contribution is -2.43. The molecule has 0 bridgehead atoms. The summed E-state index contributed by atoms with van der Waals surface area (Å²) in [5.41, 5.74) is 7.90. The number of urea groups is 1. The van der Waals surface area contributed by atoms with Gasteiger partial charge in [-0.25, -0.2) is 10.2 Å². The van der Waals surface area contributed by atoms with E-state index >= 15 is 0 Å². The van der Waals surface area contributed by atoms with E-state index in [1.807, 2.05) is 0 Å². The van der Waals surface area contributed by atoms with E-state index in [0.717, 1.165) is 13.0 Å². The number of unbranched alkanes of at least 4 members (excludes halogenated alkanes) is 3. The zero-order valence-electron chi connectivity index (χ0n) is 7.97. The predicted octanol–water partition coefficient (Wildman–Crippen LogP) is 1.08. The van der Waals surface area contributed by atoms with E-state index in [1.54, 1.807) is 7.05 Å². The van der Waals surface area contributed by atoms with Gasteiger partial charge >= 0.3 is 6.03 Å². The van der Waals surface area contributed by atoms with Crippen LogP contribution in [-0.2, 0) is 0 Å². The van der Waals surface area contributed by atoms with Crippen LogP contribution in [0, 0.1) is 0 Å². The third-order valence-electron chi connectivity index (χ3n) is 1.71. The van der Waals surface area contributed by atoms with Crippen LogP contribution >= 0.6 is 0 Å². The monoisotopic (exact) mass is 173 g/mol. The van der Waals surface area contributed by atoms with Gasteiger partial charge in [-0.2, -0.15) is 0 Å². The third-order valence-corrected chi connectivity index (χ3v) is 1.71.